The average molecular weight is 355 g/mol. The van der Waals surface area contributed by atoms with Crippen molar-refractivity contribution in [3.63, 3.8) is 0 Å². The lowest BCUT2D eigenvalue weighted by atomic mass is 10.0. The molecule has 0 aliphatic carbocycles. The van der Waals surface area contributed by atoms with Crippen molar-refractivity contribution in [2.75, 3.05) is 0 Å². The van der Waals surface area contributed by atoms with Gasteiger partial charge in [0, 0.05) is 17.3 Å². The fraction of sp³-hybridized carbons (Fsp3) is 0.0417. The molecule has 0 saturated heterocycles. The highest BCUT2D eigenvalue weighted by molar-refractivity contribution is 5.73. The van der Waals surface area contributed by atoms with Gasteiger partial charge in [0.1, 0.15) is 5.82 Å². The first-order chi connectivity index (χ1) is 13.1. The fourth-order valence-electron chi connectivity index (χ4n) is 3.32. The second kappa shape index (κ2) is 7.04. The molecule has 27 heavy (non-hydrogen) atoms. The SMILES string of the molecule is Cc1c(-c2ccc(F)cc2)n(-c2ccccc2)c(-c2ccccc2)cc1=O. The molecule has 0 amide bonds. The topological polar surface area (TPSA) is 22.0 Å². The second-order valence-corrected chi connectivity index (χ2v) is 6.41. The van der Waals surface area contributed by atoms with E-state index in [0.717, 1.165) is 28.2 Å². The van der Waals surface area contributed by atoms with E-state index in [-0.39, 0.29) is 11.2 Å². The molecular weight excluding hydrogens is 337 g/mol. The van der Waals surface area contributed by atoms with E-state index in [4.69, 9.17) is 0 Å². The third-order valence-electron chi connectivity index (χ3n) is 4.66. The van der Waals surface area contributed by atoms with E-state index in [1.54, 1.807) is 18.2 Å². The van der Waals surface area contributed by atoms with Crippen LogP contribution in [0.2, 0.25) is 0 Å². The van der Waals surface area contributed by atoms with Gasteiger partial charge in [0.15, 0.2) is 5.43 Å². The van der Waals surface area contributed by atoms with Gasteiger partial charge in [-0.1, -0.05) is 48.5 Å². The minimum Gasteiger partial charge on any atom is -0.309 e. The molecule has 0 fully saturated rings. The Hall–Kier alpha value is -3.46. The van der Waals surface area contributed by atoms with Crippen molar-refractivity contribution >= 4 is 0 Å². The summed E-state index contributed by atoms with van der Waals surface area (Å²) in [6.45, 7) is 1.81. The van der Waals surface area contributed by atoms with Crippen LogP contribution < -0.4 is 5.43 Å². The lowest BCUT2D eigenvalue weighted by Gasteiger charge is -2.21. The molecule has 0 radical (unpaired) electrons. The van der Waals surface area contributed by atoms with E-state index in [0.29, 0.717) is 5.56 Å². The molecule has 1 heterocycles. The Bertz CT molecular complexity index is 1130. The van der Waals surface area contributed by atoms with Crippen molar-refractivity contribution in [3.05, 3.63) is 113 Å². The summed E-state index contributed by atoms with van der Waals surface area (Å²) in [5, 5.41) is 0. The summed E-state index contributed by atoms with van der Waals surface area (Å²) in [7, 11) is 0. The van der Waals surface area contributed by atoms with Crippen LogP contribution in [0.3, 0.4) is 0 Å². The summed E-state index contributed by atoms with van der Waals surface area (Å²) < 4.78 is 15.6. The van der Waals surface area contributed by atoms with Crippen molar-refractivity contribution in [3.8, 4) is 28.2 Å². The maximum atomic E-state index is 13.5. The Morgan fingerprint density at radius 1 is 0.741 bits per heavy atom. The zero-order valence-corrected chi connectivity index (χ0v) is 14.9. The standard InChI is InChI=1S/C24H18FNO/c1-17-23(27)16-22(18-8-4-2-5-9-18)26(21-10-6-3-7-11-21)24(17)19-12-14-20(25)15-13-19/h2-16H,1H3. The van der Waals surface area contributed by atoms with E-state index in [1.165, 1.54) is 12.1 Å². The van der Waals surface area contributed by atoms with Gasteiger partial charge < -0.3 is 4.57 Å². The predicted molar refractivity (Wildman–Crippen MR) is 108 cm³/mol. The number of rotatable bonds is 3. The van der Waals surface area contributed by atoms with Crippen LogP contribution in [0.4, 0.5) is 4.39 Å². The molecule has 0 aliphatic heterocycles. The van der Waals surface area contributed by atoms with Crippen molar-refractivity contribution in [1.82, 2.24) is 4.57 Å². The minimum atomic E-state index is -0.302. The van der Waals surface area contributed by atoms with E-state index in [2.05, 4.69) is 4.57 Å². The van der Waals surface area contributed by atoms with E-state index in [1.807, 2.05) is 67.6 Å². The molecule has 3 heteroatoms. The van der Waals surface area contributed by atoms with Crippen molar-refractivity contribution in [2.24, 2.45) is 0 Å². The Balaban J connectivity index is 2.12. The number of pyridine rings is 1. The fourth-order valence-corrected chi connectivity index (χ4v) is 3.32. The van der Waals surface area contributed by atoms with Gasteiger partial charge in [-0.2, -0.15) is 0 Å². The number of hydrogen-bond acceptors (Lipinski definition) is 1. The lowest BCUT2D eigenvalue weighted by molar-refractivity contribution is 0.628. The Morgan fingerprint density at radius 2 is 1.33 bits per heavy atom. The van der Waals surface area contributed by atoms with E-state index >= 15 is 0 Å². The Kier molecular flexibility index (Phi) is 4.43. The summed E-state index contributed by atoms with van der Waals surface area (Å²) in [5.74, 6) is -0.302. The molecule has 0 N–H and O–H groups in total. The molecule has 0 saturated carbocycles. The molecule has 3 aromatic carbocycles. The van der Waals surface area contributed by atoms with Gasteiger partial charge in [-0.15, -0.1) is 0 Å². The van der Waals surface area contributed by atoms with Crippen LogP contribution in [0.5, 0.6) is 0 Å². The van der Waals surface area contributed by atoms with Gasteiger partial charge in [-0.25, -0.2) is 4.39 Å². The molecule has 0 atom stereocenters. The number of hydrogen-bond donors (Lipinski definition) is 0. The number of halogens is 1. The number of aromatic nitrogens is 1. The third-order valence-corrected chi connectivity index (χ3v) is 4.66. The monoisotopic (exact) mass is 355 g/mol. The molecule has 2 nitrogen and oxygen atoms in total. The van der Waals surface area contributed by atoms with Crippen LogP contribution >= 0.6 is 0 Å². The zero-order valence-electron chi connectivity index (χ0n) is 14.9. The highest BCUT2D eigenvalue weighted by atomic mass is 19.1. The molecule has 0 unspecified atom stereocenters. The van der Waals surface area contributed by atoms with E-state index < -0.39 is 0 Å². The molecule has 4 aromatic rings. The predicted octanol–water partition coefficient (Wildman–Crippen LogP) is 5.62. The van der Waals surface area contributed by atoms with Gasteiger partial charge >= 0.3 is 0 Å². The molecule has 1 aromatic heterocycles. The minimum absolute atomic E-state index is 0.0413. The van der Waals surface area contributed by atoms with Gasteiger partial charge in [-0.3, -0.25) is 4.79 Å². The highest BCUT2D eigenvalue weighted by Crippen LogP contribution is 2.31. The van der Waals surface area contributed by atoms with Gasteiger partial charge in [0.2, 0.25) is 0 Å². The van der Waals surface area contributed by atoms with Crippen molar-refractivity contribution < 1.29 is 4.39 Å². The van der Waals surface area contributed by atoms with Gasteiger partial charge in [0.25, 0.3) is 0 Å². The van der Waals surface area contributed by atoms with Crippen molar-refractivity contribution in [1.29, 1.82) is 0 Å². The first-order valence-corrected chi connectivity index (χ1v) is 8.78. The Morgan fingerprint density at radius 3 is 1.96 bits per heavy atom. The molecular formula is C24H18FNO. The summed E-state index contributed by atoms with van der Waals surface area (Å²) in [4.78, 5) is 12.8. The normalized spacial score (nSPS) is 10.7. The van der Waals surface area contributed by atoms with Gasteiger partial charge in [-0.05, 0) is 54.4 Å². The number of nitrogens with zero attached hydrogens (tertiary/aromatic N) is 1. The second-order valence-electron chi connectivity index (χ2n) is 6.41. The highest BCUT2D eigenvalue weighted by Gasteiger charge is 2.17. The zero-order chi connectivity index (χ0) is 18.8. The summed E-state index contributed by atoms with van der Waals surface area (Å²) in [5.41, 5.74) is 4.85. The molecule has 0 bridgehead atoms. The van der Waals surface area contributed by atoms with Crippen molar-refractivity contribution in [2.45, 2.75) is 6.92 Å². The maximum Gasteiger partial charge on any atom is 0.185 e. The van der Waals surface area contributed by atoms with Gasteiger partial charge in [0.05, 0.1) is 11.4 Å². The number of benzene rings is 3. The largest absolute Gasteiger partial charge is 0.309 e. The first-order valence-electron chi connectivity index (χ1n) is 8.78. The molecule has 0 spiro atoms. The van der Waals surface area contributed by atoms with Crippen LogP contribution in [0.15, 0.2) is 95.8 Å². The smallest absolute Gasteiger partial charge is 0.185 e. The first kappa shape index (κ1) is 17.0. The Labute approximate surface area is 157 Å². The summed E-state index contributed by atoms with van der Waals surface area (Å²) in [6.07, 6.45) is 0. The lowest BCUT2D eigenvalue weighted by Crippen LogP contribution is -2.15. The molecule has 132 valence electrons. The van der Waals surface area contributed by atoms with E-state index in [9.17, 15) is 9.18 Å². The van der Waals surface area contributed by atoms with Crippen LogP contribution in [0, 0.1) is 12.7 Å². The molecule has 4 rings (SSSR count). The third kappa shape index (κ3) is 3.20. The quantitative estimate of drug-likeness (QED) is 0.467. The maximum absolute atomic E-state index is 13.5. The molecule has 0 aliphatic rings. The van der Waals surface area contributed by atoms with Crippen LogP contribution in [0.1, 0.15) is 5.56 Å². The number of para-hydroxylation sites is 1. The average Bonchev–Trinajstić information content (AvgIpc) is 2.72. The summed E-state index contributed by atoms with van der Waals surface area (Å²) in [6, 6.07) is 27.6. The van der Waals surface area contributed by atoms with Crippen LogP contribution in [-0.2, 0) is 0 Å². The van der Waals surface area contributed by atoms with Crippen LogP contribution in [0.25, 0.3) is 28.2 Å². The van der Waals surface area contributed by atoms with Crippen LogP contribution in [-0.4, -0.2) is 4.57 Å². The summed E-state index contributed by atoms with van der Waals surface area (Å²) >= 11 is 0.